The summed E-state index contributed by atoms with van der Waals surface area (Å²) < 4.78 is 3.22. The minimum Gasteiger partial charge on any atom is -0.375 e. The smallest absolute Gasteiger partial charge is 0.0297 e. The first-order valence-corrected chi connectivity index (χ1v) is 14.1. The van der Waals surface area contributed by atoms with Crippen molar-refractivity contribution in [1.29, 1.82) is 0 Å². The number of allylic oxidation sites excluding steroid dienone is 1. The molecule has 8 atom stereocenters. The quantitative estimate of drug-likeness (QED) is 0.268. The van der Waals surface area contributed by atoms with E-state index in [-0.39, 0.29) is 0 Å². The fourth-order valence-electron chi connectivity index (χ4n) is 9.17. The second kappa shape index (κ2) is 8.31. The maximum absolute atomic E-state index is 4.42. The van der Waals surface area contributed by atoms with Gasteiger partial charge in [0.05, 0.1) is 0 Å². The largest absolute Gasteiger partial charge is 0.375 e. The zero-order valence-electron chi connectivity index (χ0n) is 19.4. The fraction of sp³-hybridized carbons (Fsp3) is 0.857. The van der Waals surface area contributed by atoms with Gasteiger partial charge in [0.2, 0.25) is 0 Å². The summed E-state index contributed by atoms with van der Waals surface area (Å²) in [5.41, 5.74) is 2.33. The Morgan fingerprint density at radius 1 is 1.00 bits per heavy atom. The summed E-state index contributed by atoms with van der Waals surface area (Å²) >= 11 is 2.25. The molecule has 0 aromatic rings. The van der Waals surface area contributed by atoms with Gasteiger partial charge in [-0.3, -0.25) is 0 Å². The van der Waals surface area contributed by atoms with Gasteiger partial charge in [-0.05, 0) is 129 Å². The molecule has 1 heterocycles. The zero-order valence-corrected chi connectivity index (χ0v) is 21.6. The van der Waals surface area contributed by atoms with Gasteiger partial charge >= 0.3 is 0 Å². The number of halogens is 1. The highest BCUT2D eigenvalue weighted by Gasteiger charge is 2.57. The lowest BCUT2D eigenvalue weighted by Gasteiger charge is -2.57. The Morgan fingerprint density at radius 3 is 2.63 bits per heavy atom. The SMILES string of the molecule is C=C1CCCCN1C[C@H]1CC[C@H]2[C@@H]3CC[C@@H]4C[C@](C)(C#CI)CC[C@@H]4[C@H]3CC[C@]12C. The van der Waals surface area contributed by atoms with E-state index in [9.17, 15) is 0 Å². The van der Waals surface area contributed by atoms with Crippen LogP contribution in [-0.2, 0) is 0 Å². The molecule has 5 fully saturated rings. The van der Waals surface area contributed by atoms with E-state index in [4.69, 9.17) is 0 Å². The fourth-order valence-corrected chi connectivity index (χ4v) is 9.82. The minimum absolute atomic E-state index is 0.299. The highest BCUT2D eigenvalue weighted by atomic mass is 127. The summed E-state index contributed by atoms with van der Waals surface area (Å²) in [6, 6.07) is 0. The topological polar surface area (TPSA) is 3.24 Å². The average molecular weight is 520 g/mol. The van der Waals surface area contributed by atoms with Crippen LogP contribution in [0.1, 0.15) is 90.9 Å². The van der Waals surface area contributed by atoms with Gasteiger partial charge in [-0.15, -0.1) is 0 Å². The number of rotatable bonds is 2. The van der Waals surface area contributed by atoms with E-state index in [1.807, 2.05) is 0 Å². The van der Waals surface area contributed by atoms with Gasteiger partial charge in [0.1, 0.15) is 0 Å². The molecule has 0 N–H and O–H groups in total. The average Bonchev–Trinajstić information content (AvgIpc) is 3.05. The number of hydrogen-bond donors (Lipinski definition) is 0. The van der Waals surface area contributed by atoms with Crippen LogP contribution in [0.15, 0.2) is 12.3 Å². The Bertz CT molecular complexity index is 733. The summed E-state index contributed by atoms with van der Waals surface area (Å²) in [5.74, 6) is 9.52. The third-order valence-corrected chi connectivity index (χ3v) is 11.1. The first-order chi connectivity index (χ1) is 14.4. The molecule has 0 spiro atoms. The van der Waals surface area contributed by atoms with Crippen molar-refractivity contribution < 1.29 is 0 Å². The maximum atomic E-state index is 4.42. The van der Waals surface area contributed by atoms with Crippen molar-refractivity contribution in [3.05, 3.63) is 12.3 Å². The number of piperidine rings is 1. The molecule has 4 aliphatic carbocycles. The second-order valence-corrected chi connectivity index (χ2v) is 12.8. The molecule has 0 aromatic heterocycles. The lowest BCUT2D eigenvalue weighted by molar-refractivity contribution is -0.0742. The van der Waals surface area contributed by atoms with Gasteiger partial charge in [0, 0.05) is 46.8 Å². The molecule has 2 heteroatoms. The van der Waals surface area contributed by atoms with E-state index in [0.29, 0.717) is 10.8 Å². The van der Waals surface area contributed by atoms with Crippen LogP contribution >= 0.6 is 22.6 Å². The number of likely N-dealkylation sites (tertiary alicyclic amines) is 1. The predicted molar refractivity (Wildman–Crippen MR) is 135 cm³/mol. The molecule has 0 radical (unpaired) electrons. The molecule has 0 unspecified atom stereocenters. The molecule has 166 valence electrons. The van der Waals surface area contributed by atoms with Gasteiger partial charge in [-0.2, -0.15) is 0 Å². The van der Waals surface area contributed by atoms with Crippen molar-refractivity contribution in [1.82, 2.24) is 4.90 Å². The van der Waals surface area contributed by atoms with Gasteiger partial charge < -0.3 is 4.90 Å². The molecule has 1 saturated heterocycles. The minimum atomic E-state index is 0.299. The van der Waals surface area contributed by atoms with Crippen LogP contribution in [0.3, 0.4) is 0 Å². The van der Waals surface area contributed by atoms with Crippen LogP contribution in [0.5, 0.6) is 0 Å². The predicted octanol–water partition coefficient (Wildman–Crippen LogP) is 7.66. The summed E-state index contributed by atoms with van der Waals surface area (Å²) in [6.45, 7) is 12.1. The van der Waals surface area contributed by atoms with Crippen LogP contribution in [0.25, 0.3) is 0 Å². The number of fused-ring (bicyclic) bond motifs is 5. The summed E-state index contributed by atoms with van der Waals surface area (Å²) in [5, 5.41) is 0. The first-order valence-electron chi connectivity index (χ1n) is 13.0. The molecular formula is C28H42IN. The van der Waals surface area contributed by atoms with Crippen LogP contribution in [0.2, 0.25) is 0 Å². The maximum Gasteiger partial charge on any atom is 0.0297 e. The Kier molecular flexibility index (Phi) is 6.00. The molecule has 5 rings (SSSR count). The van der Waals surface area contributed by atoms with Gasteiger partial charge in [-0.1, -0.05) is 19.4 Å². The summed E-state index contributed by atoms with van der Waals surface area (Å²) in [7, 11) is 0. The van der Waals surface area contributed by atoms with Crippen molar-refractivity contribution in [3.63, 3.8) is 0 Å². The van der Waals surface area contributed by atoms with Crippen LogP contribution < -0.4 is 0 Å². The first kappa shape index (κ1) is 21.7. The lowest BCUT2D eigenvalue weighted by Crippen LogP contribution is -2.50. The molecule has 0 amide bonds. The Hall–Kier alpha value is -0.170. The third kappa shape index (κ3) is 3.68. The van der Waals surface area contributed by atoms with E-state index in [1.165, 1.54) is 95.8 Å². The van der Waals surface area contributed by atoms with Gasteiger partial charge in [-0.25, -0.2) is 0 Å². The van der Waals surface area contributed by atoms with Crippen LogP contribution in [-0.4, -0.2) is 18.0 Å². The Labute approximate surface area is 199 Å². The zero-order chi connectivity index (χ0) is 20.9. The highest BCUT2D eigenvalue weighted by Crippen LogP contribution is 2.65. The molecule has 5 aliphatic rings. The van der Waals surface area contributed by atoms with Crippen molar-refractivity contribution in [2.75, 3.05) is 13.1 Å². The lowest BCUT2D eigenvalue weighted by atomic mass is 9.48. The summed E-state index contributed by atoms with van der Waals surface area (Å²) in [6.07, 6.45) is 17.2. The third-order valence-electron chi connectivity index (χ3n) is 10.8. The molecule has 0 bridgehead atoms. The normalized spacial score (nSPS) is 48.2. The standard InChI is InChI=1S/C28H42IN/c1-20-6-4-5-17-30(20)19-22-8-10-26-25-9-7-21-18-27(2,15-16-29)13-11-23(21)24(25)12-14-28(22,26)3/h21-26H,1,4-14,17-19H2,2-3H3/t21-,22-,23+,24-,25-,26+,27+,28-/m1/s1. The van der Waals surface area contributed by atoms with Crippen molar-refractivity contribution in [3.8, 4) is 9.85 Å². The van der Waals surface area contributed by atoms with Crippen molar-refractivity contribution in [2.24, 2.45) is 46.3 Å². The second-order valence-electron chi connectivity index (χ2n) is 12.2. The Morgan fingerprint density at radius 2 is 1.83 bits per heavy atom. The van der Waals surface area contributed by atoms with E-state index in [1.54, 1.807) is 0 Å². The van der Waals surface area contributed by atoms with E-state index >= 15 is 0 Å². The van der Waals surface area contributed by atoms with E-state index in [0.717, 1.165) is 35.5 Å². The van der Waals surface area contributed by atoms with E-state index in [2.05, 4.69) is 57.8 Å². The Balaban J connectivity index is 1.28. The van der Waals surface area contributed by atoms with Crippen molar-refractivity contribution >= 4 is 22.6 Å². The molecule has 1 aliphatic heterocycles. The van der Waals surface area contributed by atoms with Crippen LogP contribution in [0.4, 0.5) is 0 Å². The number of nitrogens with zero attached hydrogens (tertiary/aromatic N) is 1. The molecule has 4 saturated carbocycles. The molecule has 0 aromatic carbocycles. The van der Waals surface area contributed by atoms with Crippen molar-refractivity contribution in [2.45, 2.75) is 90.9 Å². The summed E-state index contributed by atoms with van der Waals surface area (Å²) in [4.78, 5) is 2.68. The van der Waals surface area contributed by atoms with Crippen LogP contribution in [0, 0.1) is 56.2 Å². The van der Waals surface area contributed by atoms with E-state index < -0.39 is 0 Å². The monoisotopic (exact) mass is 519 g/mol. The highest BCUT2D eigenvalue weighted by molar-refractivity contribution is 14.1. The molecule has 1 nitrogen and oxygen atoms in total. The van der Waals surface area contributed by atoms with Gasteiger partial charge in [0.15, 0.2) is 0 Å². The molecule has 30 heavy (non-hydrogen) atoms. The van der Waals surface area contributed by atoms with Gasteiger partial charge in [0.25, 0.3) is 0 Å². The molecular weight excluding hydrogens is 477 g/mol. The number of hydrogen-bond acceptors (Lipinski definition) is 1.